The third kappa shape index (κ3) is 3.05. The zero-order valence-electron chi connectivity index (χ0n) is 14.0. The maximum absolute atomic E-state index is 12.7. The molecule has 1 aliphatic carbocycles. The van der Waals surface area contributed by atoms with Crippen LogP contribution in [0, 0.1) is 11.3 Å². The molecule has 6 nitrogen and oxygen atoms in total. The number of aliphatic carboxylic acids is 1. The normalized spacial score (nSPS) is 25.4. The number of likely N-dealkylation sites (tertiary alicyclic amines) is 2. The molecular weight excluding hydrogens is 340 g/mol. The number of carbonyl (C=O) groups is 3. The second-order valence-electron chi connectivity index (χ2n) is 7.57. The van der Waals surface area contributed by atoms with E-state index in [4.69, 9.17) is 0 Å². The highest BCUT2D eigenvalue weighted by Crippen LogP contribution is 2.45. The molecule has 25 heavy (non-hydrogen) atoms. The molecule has 3 aliphatic rings. The van der Waals surface area contributed by atoms with Gasteiger partial charge in [-0.3, -0.25) is 9.59 Å². The summed E-state index contributed by atoms with van der Waals surface area (Å²) in [4.78, 5) is 40.7. The van der Waals surface area contributed by atoms with E-state index in [2.05, 4.69) is 0 Å². The van der Waals surface area contributed by atoms with Gasteiger partial charge in [-0.15, -0.1) is 11.3 Å². The molecule has 3 fully saturated rings. The van der Waals surface area contributed by atoms with Crippen molar-refractivity contribution in [2.45, 2.75) is 38.1 Å². The van der Waals surface area contributed by atoms with Gasteiger partial charge in [-0.1, -0.05) is 6.07 Å². The Morgan fingerprint density at radius 3 is 2.48 bits per heavy atom. The monoisotopic (exact) mass is 362 g/mol. The van der Waals surface area contributed by atoms with Crippen LogP contribution in [-0.2, 0) is 9.59 Å². The van der Waals surface area contributed by atoms with E-state index >= 15 is 0 Å². The number of carboxylic acids is 1. The van der Waals surface area contributed by atoms with E-state index in [1.165, 1.54) is 16.2 Å². The molecule has 0 aromatic carbocycles. The summed E-state index contributed by atoms with van der Waals surface area (Å²) in [5, 5.41) is 11.4. The van der Waals surface area contributed by atoms with Crippen LogP contribution in [0.5, 0.6) is 0 Å². The number of hydrogen-bond donors (Lipinski definition) is 1. The maximum atomic E-state index is 12.7. The van der Waals surface area contributed by atoms with Crippen LogP contribution in [0.15, 0.2) is 17.5 Å². The number of thiophene rings is 1. The van der Waals surface area contributed by atoms with Gasteiger partial charge in [0, 0.05) is 25.6 Å². The lowest BCUT2D eigenvalue weighted by Gasteiger charge is -2.39. The van der Waals surface area contributed by atoms with E-state index in [0.717, 1.165) is 25.7 Å². The van der Waals surface area contributed by atoms with Crippen LogP contribution in [0.1, 0.15) is 41.8 Å². The van der Waals surface area contributed by atoms with Crippen molar-refractivity contribution in [1.82, 2.24) is 9.80 Å². The minimum absolute atomic E-state index is 0.170. The fourth-order valence-electron chi connectivity index (χ4n) is 4.18. The van der Waals surface area contributed by atoms with Crippen molar-refractivity contribution in [2.75, 3.05) is 19.6 Å². The summed E-state index contributed by atoms with van der Waals surface area (Å²) in [6.45, 7) is 1.84. The molecule has 0 radical (unpaired) electrons. The summed E-state index contributed by atoms with van der Waals surface area (Å²) < 4.78 is 0. The topological polar surface area (TPSA) is 77.9 Å². The second-order valence-corrected chi connectivity index (χ2v) is 8.52. The molecule has 2 saturated heterocycles. The van der Waals surface area contributed by atoms with Crippen molar-refractivity contribution in [3.8, 4) is 0 Å². The molecule has 1 aromatic heterocycles. The summed E-state index contributed by atoms with van der Waals surface area (Å²) in [6, 6.07) is 2.79. The molecule has 1 aromatic rings. The molecular formula is C18H22N2O4S. The molecule has 1 atom stereocenters. The zero-order chi connectivity index (χ0) is 17.6. The van der Waals surface area contributed by atoms with Gasteiger partial charge in [0.1, 0.15) is 6.04 Å². The standard InChI is InChI=1S/C18H22N2O4S/c21-15(12-3-4-12)19-7-5-18(6-8-19)10-13(17(23)24)20(11-18)16(22)14-2-1-9-25-14/h1-2,9,12-13H,3-8,10-11H2,(H,23,24)/t13-/m1/s1. The lowest BCUT2D eigenvalue weighted by molar-refractivity contribution is -0.141. The molecule has 3 heterocycles. The highest BCUT2D eigenvalue weighted by atomic mass is 32.1. The fraction of sp³-hybridized carbons (Fsp3) is 0.611. The van der Waals surface area contributed by atoms with E-state index in [9.17, 15) is 19.5 Å². The number of carbonyl (C=O) groups excluding carboxylic acids is 2. The van der Waals surface area contributed by atoms with Crippen molar-refractivity contribution in [2.24, 2.45) is 11.3 Å². The van der Waals surface area contributed by atoms with Gasteiger partial charge in [0.15, 0.2) is 0 Å². The molecule has 7 heteroatoms. The first-order chi connectivity index (χ1) is 12.0. The van der Waals surface area contributed by atoms with Crippen molar-refractivity contribution in [1.29, 1.82) is 0 Å². The molecule has 0 bridgehead atoms. The fourth-order valence-corrected chi connectivity index (χ4v) is 4.86. The first-order valence-electron chi connectivity index (χ1n) is 8.85. The summed E-state index contributed by atoms with van der Waals surface area (Å²) in [7, 11) is 0. The van der Waals surface area contributed by atoms with Gasteiger partial charge in [0.05, 0.1) is 4.88 Å². The maximum Gasteiger partial charge on any atom is 0.326 e. The Morgan fingerprint density at radius 2 is 1.92 bits per heavy atom. The van der Waals surface area contributed by atoms with Crippen LogP contribution in [0.3, 0.4) is 0 Å². The van der Waals surface area contributed by atoms with E-state index in [1.54, 1.807) is 6.07 Å². The largest absolute Gasteiger partial charge is 0.480 e. The van der Waals surface area contributed by atoms with Crippen LogP contribution >= 0.6 is 11.3 Å². The summed E-state index contributed by atoms with van der Waals surface area (Å²) in [5.74, 6) is -0.635. The number of amides is 2. The minimum atomic E-state index is -0.932. The summed E-state index contributed by atoms with van der Waals surface area (Å²) >= 11 is 1.34. The Balaban J connectivity index is 1.47. The number of hydrogen-bond acceptors (Lipinski definition) is 4. The Bertz CT molecular complexity index is 690. The molecule has 1 saturated carbocycles. The number of nitrogens with zero attached hydrogens (tertiary/aromatic N) is 2. The van der Waals surface area contributed by atoms with Gasteiger partial charge in [-0.05, 0) is 49.0 Å². The van der Waals surface area contributed by atoms with Gasteiger partial charge in [0.25, 0.3) is 5.91 Å². The Hall–Kier alpha value is -1.89. The first kappa shape index (κ1) is 16.6. The number of carboxylic acid groups (broad SMARTS) is 1. The highest BCUT2D eigenvalue weighted by Gasteiger charge is 2.50. The van der Waals surface area contributed by atoms with Gasteiger partial charge >= 0.3 is 5.97 Å². The van der Waals surface area contributed by atoms with Gasteiger partial charge in [-0.25, -0.2) is 4.79 Å². The minimum Gasteiger partial charge on any atom is -0.480 e. The summed E-state index contributed by atoms with van der Waals surface area (Å²) in [5.41, 5.74) is -0.170. The van der Waals surface area contributed by atoms with Crippen LogP contribution in [0.2, 0.25) is 0 Å². The van der Waals surface area contributed by atoms with Crippen molar-refractivity contribution in [3.05, 3.63) is 22.4 Å². The predicted molar refractivity (Wildman–Crippen MR) is 92.4 cm³/mol. The molecule has 2 amide bonds. The average Bonchev–Trinajstić information content (AvgIpc) is 3.17. The molecule has 134 valence electrons. The molecule has 1 spiro atoms. The smallest absolute Gasteiger partial charge is 0.326 e. The Morgan fingerprint density at radius 1 is 1.20 bits per heavy atom. The first-order valence-corrected chi connectivity index (χ1v) is 9.73. The second kappa shape index (κ2) is 6.12. The molecule has 0 unspecified atom stereocenters. The van der Waals surface area contributed by atoms with Gasteiger partial charge < -0.3 is 14.9 Å². The van der Waals surface area contributed by atoms with Crippen molar-refractivity contribution >= 4 is 29.1 Å². The van der Waals surface area contributed by atoms with Crippen LogP contribution < -0.4 is 0 Å². The lowest BCUT2D eigenvalue weighted by Crippen LogP contribution is -2.45. The van der Waals surface area contributed by atoms with E-state index < -0.39 is 12.0 Å². The number of rotatable bonds is 3. The third-order valence-electron chi connectivity index (χ3n) is 5.85. The average molecular weight is 362 g/mol. The van der Waals surface area contributed by atoms with Crippen LogP contribution in [-0.4, -0.2) is 58.4 Å². The predicted octanol–water partition coefficient (Wildman–Crippen LogP) is 2.07. The van der Waals surface area contributed by atoms with E-state index in [1.807, 2.05) is 16.3 Å². The van der Waals surface area contributed by atoms with Crippen molar-refractivity contribution < 1.29 is 19.5 Å². The van der Waals surface area contributed by atoms with Gasteiger partial charge in [-0.2, -0.15) is 0 Å². The number of piperidine rings is 1. The SMILES string of the molecule is O=C(O)[C@H]1CC2(CCN(C(=O)C3CC3)CC2)CN1C(=O)c1cccs1. The van der Waals surface area contributed by atoms with E-state index in [-0.39, 0.29) is 23.1 Å². The van der Waals surface area contributed by atoms with Crippen molar-refractivity contribution in [3.63, 3.8) is 0 Å². The quantitative estimate of drug-likeness (QED) is 0.893. The Labute approximate surface area is 150 Å². The van der Waals surface area contributed by atoms with Crippen LogP contribution in [0.25, 0.3) is 0 Å². The van der Waals surface area contributed by atoms with Crippen LogP contribution in [0.4, 0.5) is 0 Å². The Kier molecular flexibility index (Phi) is 4.06. The van der Waals surface area contributed by atoms with Gasteiger partial charge in [0.2, 0.25) is 5.91 Å². The zero-order valence-corrected chi connectivity index (χ0v) is 14.8. The highest BCUT2D eigenvalue weighted by molar-refractivity contribution is 7.12. The third-order valence-corrected chi connectivity index (χ3v) is 6.71. The molecule has 1 N–H and O–H groups in total. The molecule has 2 aliphatic heterocycles. The lowest BCUT2D eigenvalue weighted by atomic mass is 9.76. The van der Waals surface area contributed by atoms with E-state index in [0.29, 0.717) is 30.9 Å². The molecule has 4 rings (SSSR count). The summed E-state index contributed by atoms with van der Waals surface area (Å²) in [6.07, 6.45) is 4.06.